The van der Waals surface area contributed by atoms with Gasteiger partial charge in [-0.2, -0.15) is 0 Å². The third-order valence-corrected chi connectivity index (χ3v) is 3.53. The molecular formula is C15H22N2O2. The lowest BCUT2D eigenvalue weighted by Gasteiger charge is -2.30. The first-order chi connectivity index (χ1) is 8.89. The largest absolute Gasteiger partial charge is 0.478 e. The normalized spacial score (nSPS) is 16.5. The summed E-state index contributed by atoms with van der Waals surface area (Å²) >= 11 is 0. The van der Waals surface area contributed by atoms with Crippen molar-refractivity contribution in [1.82, 2.24) is 4.98 Å². The summed E-state index contributed by atoms with van der Waals surface area (Å²) in [6, 6.07) is 3.52. The molecule has 0 amide bonds. The molecule has 0 aliphatic carbocycles. The maximum absolute atomic E-state index is 11.4. The van der Waals surface area contributed by atoms with Crippen molar-refractivity contribution in [1.29, 1.82) is 0 Å². The van der Waals surface area contributed by atoms with Gasteiger partial charge in [0.25, 0.3) is 0 Å². The number of piperidine rings is 1. The molecule has 19 heavy (non-hydrogen) atoms. The highest BCUT2D eigenvalue weighted by Gasteiger charge is 2.23. The van der Waals surface area contributed by atoms with Crippen LogP contribution in [0.1, 0.15) is 56.1 Å². The lowest BCUT2D eigenvalue weighted by molar-refractivity contribution is 0.0697. The molecule has 0 saturated carbocycles. The SMILES string of the molecule is CC(C)(C)c1ccc(C(=O)O)c(N2CCCCC2)n1. The van der Waals surface area contributed by atoms with Gasteiger partial charge in [-0.1, -0.05) is 20.8 Å². The van der Waals surface area contributed by atoms with Crippen LogP contribution < -0.4 is 4.90 Å². The fourth-order valence-electron chi connectivity index (χ4n) is 2.38. The van der Waals surface area contributed by atoms with Gasteiger partial charge in [-0.3, -0.25) is 0 Å². The molecule has 1 saturated heterocycles. The van der Waals surface area contributed by atoms with Crippen molar-refractivity contribution in [3.05, 3.63) is 23.4 Å². The molecule has 1 aromatic rings. The van der Waals surface area contributed by atoms with Crippen LogP contribution in [0.5, 0.6) is 0 Å². The van der Waals surface area contributed by atoms with E-state index in [2.05, 4.69) is 30.7 Å². The highest BCUT2D eigenvalue weighted by Crippen LogP contribution is 2.27. The van der Waals surface area contributed by atoms with Crippen LogP contribution in [0.2, 0.25) is 0 Å². The Morgan fingerprint density at radius 2 is 1.84 bits per heavy atom. The van der Waals surface area contributed by atoms with Crippen molar-refractivity contribution in [3.63, 3.8) is 0 Å². The summed E-state index contributed by atoms with van der Waals surface area (Å²) in [4.78, 5) is 18.1. The Bertz CT molecular complexity index is 472. The van der Waals surface area contributed by atoms with E-state index in [1.165, 1.54) is 6.42 Å². The van der Waals surface area contributed by atoms with Gasteiger partial charge >= 0.3 is 5.97 Å². The summed E-state index contributed by atoms with van der Waals surface area (Å²) in [5.74, 6) is -0.256. The molecule has 1 aliphatic rings. The molecule has 0 aromatic carbocycles. The molecule has 0 spiro atoms. The third-order valence-electron chi connectivity index (χ3n) is 3.53. The number of anilines is 1. The molecule has 2 rings (SSSR count). The van der Waals surface area contributed by atoms with Crippen molar-refractivity contribution < 1.29 is 9.90 Å². The number of aromatic carboxylic acids is 1. The van der Waals surface area contributed by atoms with Gasteiger partial charge in [-0.05, 0) is 31.4 Å². The average Bonchev–Trinajstić information content (AvgIpc) is 2.38. The summed E-state index contributed by atoms with van der Waals surface area (Å²) in [7, 11) is 0. The van der Waals surface area contributed by atoms with Gasteiger partial charge in [0.05, 0.1) is 0 Å². The van der Waals surface area contributed by atoms with Crippen LogP contribution in [-0.2, 0) is 5.41 Å². The summed E-state index contributed by atoms with van der Waals surface area (Å²) in [6.07, 6.45) is 3.44. The van der Waals surface area contributed by atoms with E-state index < -0.39 is 5.97 Å². The van der Waals surface area contributed by atoms with Crippen LogP contribution in [0.15, 0.2) is 12.1 Å². The molecule has 1 aromatic heterocycles. The van der Waals surface area contributed by atoms with Crippen molar-refractivity contribution in [2.24, 2.45) is 0 Å². The third kappa shape index (κ3) is 3.06. The molecule has 0 bridgehead atoms. The maximum atomic E-state index is 11.4. The van der Waals surface area contributed by atoms with E-state index in [0.717, 1.165) is 31.6 Å². The van der Waals surface area contributed by atoms with Crippen LogP contribution in [0.3, 0.4) is 0 Å². The van der Waals surface area contributed by atoms with Gasteiger partial charge in [-0.15, -0.1) is 0 Å². The molecule has 104 valence electrons. The van der Waals surface area contributed by atoms with Gasteiger partial charge in [-0.25, -0.2) is 9.78 Å². The molecule has 0 unspecified atom stereocenters. The number of nitrogens with zero attached hydrogens (tertiary/aromatic N) is 2. The number of carbonyl (C=O) groups is 1. The summed E-state index contributed by atoms with van der Waals surface area (Å²) in [5, 5.41) is 9.32. The molecule has 4 nitrogen and oxygen atoms in total. The first kappa shape index (κ1) is 13.8. The van der Waals surface area contributed by atoms with E-state index in [0.29, 0.717) is 11.4 Å². The Kier molecular flexibility index (Phi) is 3.78. The number of pyridine rings is 1. The van der Waals surface area contributed by atoms with E-state index in [9.17, 15) is 9.90 Å². The minimum atomic E-state index is -0.895. The van der Waals surface area contributed by atoms with E-state index in [1.54, 1.807) is 6.07 Å². The van der Waals surface area contributed by atoms with Gasteiger partial charge in [0.15, 0.2) is 0 Å². The van der Waals surface area contributed by atoms with Crippen LogP contribution in [0.25, 0.3) is 0 Å². The molecule has 0 atom stereocenters. The average molecular weight is 262 g/mol. The predicted molar refractivity (Wildman–Crippen MR) is 76.0 cm³/mol. The second-order valence-corrected chi connectivity index (χ2v) is 6.17. The lowest BCUT2D eigenvalue weighted by Crippen LogP contribution is -2.32. The van der Waals surface area contributed by atoms with E-state index in [1.807, 2.05) is 6.07 Å². The molecular weight excluding hydrogens is 240 g/mol. The smallest absolute Gasteiger partial charge is 0.339 e. The number of hydrogen-bond donors (Lipinski definition) is 1. The number of aromatic nitrogens is 1. The maximum Gasteiger partial charge on any atom is 0.339 e. The molecule has 1 aliphatic heterocycles. The van der Waals surface area contributed by atoms with Crippen molar-refractivity contribution in [2.45, 2.75) is 45.4 Å². The first-order valence-corrected chi connectivity index (χ1v) is 6.89. The zero-order valence-corrected chi connectivity index (χ0v) is 11.9. The van der Waals surface area contributed by atoms with Gasteiger partial charge in [0.1, 0.15) is 11.4 Å². The number of rotatable bonds is 2. The Balaban J connectivity index is 2.44. The van der Waals surface area contributed by atoms with Crippen molar-refractivity contribution in [3.8, 4) is 0 Å². The Labute approximate surface area is 114 Å². The highest BCUT2D eigenvalue weighted by molar-refractivity contribution is 5.93. The predicted octanol–water partition coefficient (Wildman–Crippen LogP) is 3.07. The van der Waals surface area contributed by atoms with Crippen LogP contribution >= 0.6 is 0 Å². The fourth-order valence-corrected chi connectivity index (χ4v) is 2.38. The quantitative estimate of drug-likeness (QED) is 0.890. The van der Waals surface area contributed by atoms with Crippen LogP contribution in [0.4, 0.5) is 5.82 Å². The molecule has 1 N–H and O–H groups in total. The topological polar surface area (TPSA) is 53.4 Å². The van der Waals surface area contributed by atoms with E-state index in [-0.39, 0.29) is 5.41 Å². The number of carboxylic acid groups (broad SMARTS) is 1. The zero-order valence-electron chi connectivity index (χ0n) is 11.9. The summed E-state index contributed by atoms with van der Waals surface area (Å²) in [5.41, 5.74) is 1.19. The Hall–Kier alpha value is -1.58. The van der Waals surface area contributed by atoms with Crippen LogP contribution in [0, 0.1) is 0 Å². The monoisotopic (exact) mass is 262 g/mol. The van der Waals surface area contributed by atoms with Crippen molar-refractivity contribution in [2.75, 3.05) is 18.0 Å². The van der Waals surface area contributed by atoms with Gasteiger partial charge in [0.2, 0.25) is 0 Å². The molecule has 2 heterocycles. The zero-order chi connectivity index (χ0) is 14.0. The fraction of sp³-hybridized carbons (Fsp3) is 0.600. The number of carboxylic acids is 1. The van der Waals surface area contributed by atoms with Crippen molar-refractivity contribution >= 4 is 11.8 Å². The first-order valence-electron chi connectivity index (χ1n) is 6.89. The Morgan fingerprint density at radius 3 is 2.37 bits per heavy atom. The summed E-state index contributed by atoms with van der Waals surface area (Å²) < 4.78 is 0. The molecule has 4 heteroatoms. The standard InChI is InChI=1S/C15H22N2O2/c1-15(2,3)12-8-7-11(14(18)19)13(16-12)17-9-5-4-6-10-17/h7-8H,4-6,9-10H2,1-3H3,(H,18,19). The Morgan fingerprint density at radius 1 is 1.21 bits per heavy atom. The van der Waals surface area contributed by atoms with E-state index in [4.69, 9.17) is 0 Å². The minimum absolute atomic E-state index is 0.0679. The van der Waals surface area contributed by atoms with Gasteiger partial charge < -0.3 is 10.0 Å². The summed E-state index contributed by atoms with van der Waals surface area (Å²) in [6.45, 7) is 8.09. The minimum Gasteiger partial charge on any atom is -0.478 e. The highest BCUT2D eigenvalue weighted by atomic mass is 16.4. The number of hydrogen-bond acceptors (Lipinski definition) is 3. The van der Waals surface area contributed by atoms with E-state index >= 15 is 0 Å². The second-order valence-electron chi connectivity index (χ2n) is 6.17. The molecule has 1 fully saturated rings. The molecule has 0 radical (unpaired) electrons. The lowest BCUT2D eigenvalue weighted by atomic mass is 9.91. The van der Waals surface area contributed by atoms with Gasteiger partial charge in [0, 0.05) is 24.2 Å². The second kappa shape index (κ2) is 5.19. The van der Waals surface area contributed by atoms with Crippen LogP contribution in [-0.4, -0.2) is 29.1 Å².